The van der Waals surface area contributed by atoms with Crippen LogP contribution in [0.25, 0.3) is 11.3 Å². The molecule has 0 amide bonds. The van der Waals surface area contributed by atoms with Crippen molar-refractivity contribution >= 4 is 11.5 Å². The van der Waals surface area contributed by atoms with Crippen molar-refractivity contribution in [1.29, 1.82) is 5.26 Å². The first-order chi connectivity index (χ1) is 7.22. The van der Waals surface area contributed by atoms with Crippen LogP contribution in [-0.4, -0.2) is 10.2 Å². The largest absolute Gasteiger partial charge is 0.394 e. The van der Waals surface area contributed by atoms with Crippen LogP contribution in [0.15, 0.2) is 24.3 Å². The number of nitrogens with two attached hydrogens (primary N) is 2. The molecule has 0 spiro atoms. The third kappa shape index (κ3) is 1.48. The molecule has 1 heterocycles. The van der Waals surface area contributed by atoms with Crippen LogP contribution in [0.2, 0.25) is 0 Å². The fraction of sp³-hybridized carbons (Fsp3) is 0. The molecule has 2 aromatic rings. The van der Waals surface area contributed by atoms with Gasteiger partial charge >= 0.3 is 0 Å². The molecule has 0 aliphatic carbocycles. The third-order valence-corrected chi connectivity index (χ3v) is 2.11. The van der Waals surface area contributed by atoms with E-state index >= 15 is 0 Å². The van der Waals surface area contributed by atoms with E-state index < -0.39 is 0 Å². The first-order valence-electron chi connectivity index (χ1n) is 4.32. The maximum Gasteiger partial charge on any atom is 0.169 e. The van der Waals surface area contributed by atoms with Crippen molar-refractivity contribution in [2.75, 3.05) is 11.5 Å². The van der Waals surface area contributed by atoms with Crippen molar-refractivity contribution < 1.29 is 0 Å². The van der Waals surface area contributed by atoms with Gasteiger partial charge in [0.2, 0.25) is 0 Å². The Balaban J connectivity index is 2.55. The zero-order valence-electron chi connectivity index (χ0n) is 7.86. The van der Waals surface area contributed by atoms with Crippen LogP contribution in [0, 0.1) is 11.3 Å². The molecule has 74 valence electrons. The number of nitrogen functional groups attached to an aromatic ring is 2. The quantitative estimate of drug-likeness (QED) is 0.639. The molecule has 5 nitrogen and oxygen atoms in total. The number of H-pyrrole nitrogens is 1. The standard InChI is InChI=1S/C10H9N5/c11-5-6-2-1-3-7(4-6)9-8(12)10(13)15-14-9/h1-4H,12H2,(H3,13,14,15). The van der Waals surface area contributed by atoms with Gasteiger partial charge in [-0.25, -0.2) is 0 Å². The summed E-state index contributed by atoms with van der Waals surface area (Å²) in [6.07, 6.45) is 0. The molecule has 2 rings (SSSR count). The van der Waals surface area contributed by atoms with E-state index in [-0.39, 0.29) is 5.82 Å². The Morgan fingerprint density at radius 2 is 2.13 bits per heavy atom. The minimum Gasteiger partial charge on any atom is -0.394 e. The van der Waals surface area contributed by atoms with Crippen LogP contribution >= 0.6 is 0 Å². The summed E-state index contributed by atoms with van der Waals surface area (Å²) >= 11 is 0. The minimum absolute atomic E-state index is 0.271. The summed E-state index contributed by atoms with van der Waals surface area (Å²) in [7, 11) is 0. The van der Waals surface area contributed by atoms with Gasteiger partial charge in [0.15, 0.2) is 5.82 Å². The number of benzene rings is 1. The molecule has 0 saturated carbocycles. The van der Waals surface area contributed by atoms with Crippen LogP contribution in [0.4, 0.5) is 11.5 Å². The van der Waals surface area contributed by atoms with E-state index in [1.54, 1.807) is 18.2 Å². The fourth-order valence-electron chi connectivity index (χ4n) is 1.33. The number of nitrogens with zero attached hydrogens (tertiary/aromatic N) is 2. The zero-order chi connectivity index (χ0) is 10.8. The normalized spacial score (nSPS) is 9.80. The summed E-state index contributed by atoms with van der Waals surface area (Å²) in [4.78, 5) is 0. The smallest absolute Gasteiger partial charge is 0.169 e. The molecule has 0 fully saturated rings. The van der Waals surface area contributed by atoms with E-state index in [1.807, 2.05) is 6.07 Å². The molecule has 5 N–H and O–H groups in total. The van der Waals surface area contributed by atoms with Gasteiger partial charge in [0.25, 0.3) is 0 Å². The Morgan fingerprint density at radius 3 is 2.73 bits per heavy atom. The maximum atomic E-state index is 8.75. The Hall–Kier alpha value is -2.48. The Labute approximate surface area is 86.3 Å². The zero-order valence-corrected chi connectivity index (χ0v) is 7.86. The fourth-order valence-corrected chi connectivity index (χ4v) is 1.33. The SMILES string of the molecule is N#Cc1cccc(-c2[nH]nc(N)c2N)c1. The van der Waals surface area contributed by atoms with Gasteiger partial charge in [-0.15, -0.1) is 0 Å². The lowest BCUT2D eigenvalue weighted by Gasteiger charge is -1.99. The Kier molecular flexibility index (Phi) is 2.03. The van der Waals surface area contributed by atoms with Crippen molar-refractivity contribution in [2.24, 2.45) is 0 Å². The molecule has 0 aliphatic rings. The highest BCUT2D eigenvalue weighted by Gasteiger charge is 2.09. The highest BCUT2D eigenvalue weighted by atomic mass is 15.2. The minimum atomic E-state index is 0.271. The lowest BCUT2D eigenvalue weighted by atomic mass is 10.1. The van der Waals surface area contributed by atoms with Crippen molar-refractivity contribution in [1.82, 2.24) is 10.2 Å². The summed E-state index contributed by atoms with van der Waals surface area (Å²) in [5, 5.41) is 15.3. The van der Waals surface area contributed by atoms with Crippen molar-refractivity contribution in [3.8, 4) is 17.3 Å². The van der Waals surface area contributed by atoms with Gasteiger partial charge in [-0.3, -0.25) is 5.10 Å². The van der Waals surface area contributed by atoms with Crippen molar-refractivity contribution in [3.63, 3.8) is 0 Å². The van der Waals surface area contributed by atoms with Gasteiger partial charge in [-0.05, 0) is 12.1 Å². The summed E-state index contributed by atoms with van der Waals surface area (Å²) in [5.74, 6) is 0.271. The summed E-state index contributed by atoms with van der Waals surface area (Å²) in [6, 6.07) is 9.12. The molecule has 1 aromatic heterocycles. The van der Waals surface area contributed by atoms with E-state index in [0.29, 0.717) is 16.9 Å². The number of rotatable bonds is 1. The third-order valence-electron chi connectivity index (χ3n) is 2.11. The predicted octanol–water partition coefficient (Wildman–Crippen LogP) is 1.11. The number of aromatic nitrogens is 2. The van der Waals surface area contributed by atoms with Gasteiger partial charge in [-0.2, -0.15) is 10.4 Å². The molecule has 0 unspecified atom stereocenters. The lowest BCUT2D eigenvalue weighted by Crippen LogP contribution is -1.92. The predicted molar refractivity (Wildman–Crippen MR) is 57.6 cm³/mol. The number of nitriles is 1. The number of anilines is 2. The van der Waals surface area contributed by atoms with Gasteiger partial charge in [0, 0.05) is 5.56 Å². The van der Waals surface area contributed by atoms with E-state index in [4.69, 9.17) is 16.7 Å². The van der Waals surface area contributed by atoms with E-state index in [2.05, 4.69) is 16.3 Å². The van der Waals surface area contributed by atoms with Crippen LogP contribution in [0.5, 0.6) is 0 Å². The van der Waals surface area contributed by atoms with E-state index in [1.165, 1.54) is 0 Å². The molecule has 5 heteroatoms. The molecule has 0 atom stereocenters. The number of nitrogens with one attached hydrogen (secondary N) is 1. The molecule has 0 radical (unpaired) electrons. The topological polar surface area (TPSA) is 105 Å². The van der Waals surface area contributed by atoms with E-state index in [9.17, 15) is 0 Å². The Bertz CT molecular complexity index is 535. The average molecular weight is 199 g/mol. The second-order valence-electron chi connectivity index (χ2n) is 3.09. The monoisotopic (exact) mass is 199 g/mol. The van der Waals surface area contributed by atoms with Crippen LogP contribution in [-0.2, 0) is 0 Å². The van der Waals surface area contributed by atoms with Crippen molar-refractivity contribution in [2.45, 2.75) is 0 Å². The highest BCUT2D eigenvalue weighted by Crippen LogP contribution is 2.27. The highest BCUT2D eigenvalue weighted by molar-refractivity contribution is 5.80. The van der Waals surface area contributed by atoms with Crippen LogP contribution in [0.3, 0.4) is 0 Å². The molecule has 0 saturated heterocycles. The van der Waals surface area contributed by atoms with Crippen molar-refractivity contribution in [3.05, 3.63) is 29.8 Å². The summed E-state index contributed by atoms with van der Waals surface area (Å²) < 4.78 is 0. The van der Waals surface area contributed by atoms with Crippen LogP contribution < -0.4 is 11.5 Å². The molecule has 0 aliphatic heterocycles. The van der Waals surface area contributed by atoms with Gasteiger partial charge in [0.1, 0.15) is 5.69 Å². The first-order valence-corrected chi connectivity index (χ1v) is 4.32. The number of aromatic amines is 1. The molecule has 15 heavy (non-hydrogen) atoms. The van der Waals surface area contributed by atoms with Gasteiger partial charge < -0.3 is 11.5 Å². The second-order valence-corrected chi connectivity index (χ2v) is 3.09. The Morgan fingerprint density at radius 1 is 1.33 bits per heavy atom. The summed E-state index contributed by atoms with van der Waals surface area (Å²) in [6.45, 7) is 0. The van der Waals surface area contributed by atoms with Gasteiger partial charge in [0.05, 0.1) is 17.3 Å². The van der Waals surface area contributed by atoms with E-state index in [0.717, 1.165) is 5.56 Å². The van der Waals surface area contributed by atoms with Crippen LogP contribution in [0.1, 0.15) is 5.56 Å². The molecular weight excluding hydrogens is 190 g/mol. The molecular formula is C10H9N5. The number of hydrogen-bond donors (Lipinski definition) is 3. The number of hydrogen-bond acceptors (Lipinski definition) is 4. The molecule has 0 bridgehead atoms. The maximum absolute atomic E-state index is 8.75. The second kappa shape index (κ2) is 3.35. The molecule has 1 aromatic carbocycles. The summed E-state index contributed by atoms with van der Waals surface area (Å²) in [5.41, 5.74) is 13.7. The average Bonchev–Trinajstić information content (AvgIpc) is 2.60. The lowest BCUT2D eigenvalue weighted by molar-refractivity contribution is 1.10. The first kappa shape index (κ1) is 9.09. The van der Waals surface area contributed by atoms with Gasteiger partial charge in [-0.1, -0.05) is 12.1 Å².